The summed E-state index contributed by atoms with van der Waals surface area (Å²) < 4.78 is 29.3. The third-order valence-corrected chi connectivity index (χ3v) is 4.90. The van der Waals surface area contributed by atoms with Crippen molar-refractivity contribution in [3.05, 3.63) is 35.4 Å². The first-order valence-corrected chi connectivity index (χ1v) is 8.87. The van der Waals surface area contributed by atoms with Crippen molar-refractivity contribution in [1.29, 1.82) is 0 Å². The first kappa shape index (κ1) is 18.4. The smallest absolute Gasteiger partial charge is 0.405 e. The van der Waals surface area contributed by atoms with E-state index in [1.54, 1.807) is 26.0 Å². The summed E-state index contributed by atoms with van der Waals surface area (Å²) in [6, 6.07) is 6.45. The fourth-order valence-electron chi connectivity index (χ4n) is 2.56. The van der Waals surface area contributed by atoms with E-state index in [0.29, 0.717) is 5.56 Å². The zero-order valence-corrected chi connectivity index (χ0v) is 14.2. The van der Waals surface area contributed by atoms with Gasteiger partial charge < -0.3 is 16.2 Å². The predicted molar refractivity (Wildman–Crippen MR) is 86.1 cm³/mol. The number of carbonyl (C=O) groups excluding carboxylic acids is 1. The minimum Gasteiger partial charge on any atom is -0.444 e. The normalized spacial score (nSPS) is 15.1. The topological polar surface area (TPSA) is 112 Å². The molecule has 1 aromatic carbocycles. The Hall–Kier alpha value is -1.60. The lowest BCUT2D eigenvalue weighted by Crippen LogP contribution is -2.42. The van der Waals surface area contributed by atoms with Gasteiger partial charge in [0.15, 0.2) is 9.84 Å². The van der Waals surface area contributed by atoms with E-state index in [4.69, 9.17) is 16.2 Å². The quantitative estimate of drug-likeness (QED) is 0.825. The Morgan fingerprint density at radius 1 is 1.27 bits per heavy atom. The monoisotopic (exact) mass is 328 g/mol. The number of hydrogen-bond donors (Lipinski definition) is 2. The Bertz CT molecular complexity index is 623. The maximum absolute atomic E-state index is 12.2. The molecule has 1 aromatic rings. The fraction of sp³-hybridized carbons (Fsp3) is 0.533. The van der Waals surface area contributed by atoms with Gasteiger partial charge in [0.1, 0.15) is 10.9 Å². The molecule has 0 saturated carbocycles. The number of nitrogens with two attached hydrogens (primary N) is 2. The number of carbonyl (C=O) groups is 1. The average Bonchev–Trinajstić information content (AvgIpc) is 2.27. The molecule has 0 fully saturated rings. The summed E-state index contributed by atoms with van der Waals surface area (Å²) in [6.07, 6.45) is 0.407. The van der Waals surface area contributed by atoms with E-state index in [0.717, 1.165) is 11.8 Å². The summed E-state index contributed by atoms with van der Waals surface area (Å²) in [5, 5.41) is -0.871. The summed E-state index contributed by atoms with van der Waals surface area (Å²) >= 11 is 0. The van der Waals surface area contributed by atoms with Gasteiger partial charge in [-0.3, -0.25) is 0 Å². The van der Waals surface area contributed by atoms with E-state index < -0.39 is 32.8 Å². The van der Waals surface area contributed by atoms with Crippen molar-refractivity contribution < 1.29 is 17.9 Å². The number of amides is 1. The van der Waals surface area contributed by atoms with Crippen molar-refractivity contribution in [3.63, 3.8) is 0 Å². The molecular formula is C15H24N2O4S. The number of ether oxygens (including phenoxy) is 1. The summed E-state index contributed by atoms with van der Waals surface area (Å²) in [6.45, 7) is 5.21. The van der Waals surface area contributed by atoms with E-state index in [1.807, 2.05) is 19.1 Å². The Labute approximate surface area is 131 Å². The molecule has 0 aliphatic carbocycles. The molecule has 0 bridgehead atoms. The number of aryl methyl sites for hydroxylation is 1. The molecule has 6 nitrogen and oxygen atoms in total. The van der Waals surface area contributed by atoms with Gasteiger partial charge in [-0.1, -0.05) is 29.8 Å². The highest BCUT2D eigenvalue weighted by atomic mass is 32.2. The third-order valence-electron chi connectivity index (χ3n) is 3.36. The lowest BCUT2D eigenvalue weighted by molar-refractivity contribution is 0.0339. The lowest BCUT2D eigenvalue weighted by atomic mass is 9.94. The van der Waals surface area contributed by atoms with Crippen LogP contribution < -0.4 is 11.5 Å². The van der Waals surface area contributed by atoms with Crippen LogP contribution in [0.1, 0.15) is 36.6 Å². The second kappa shape index (κ2) is 6.66. The molecular weight excluding hydrogens is 304 g/mol. The van der Waals surface area contributed by atoms with Crippen molar-refractivity contribution in [2.75, 3.05) is 6.26 Å². The van der Waals surface area contributed by atoms with Crippen molar-refractivity contribution in [1.82, 2.24) is 0 Å². The van der Waals surface area contributed by atoms with Gasteiger partial charge in [-0.05, 0) is 26.3 Å². The molecule has 1 rings (SSSR count). The fourth-order valence-corrected chi connectivity index (χ4v) is 3.94. The van der Waals surface area contributed by atoms with E-state index in [2.05, 4.69) is 0 Å². The van der Waals surface area contributed by atoms with Gasteiger partial charge >= 0.3 is 6.09 Å². The number of rotatable bonds is 6. The van der Waals surface area contributed by atoms with Gasteiger partial charge in [-0.15, -0.1) is 0 Å². The molecule has 0 aliphatic rings. The van der Waals surface area contributed by atoms with E-state index in [-0.39, 0.29) is 6.42 Å². The molecule has 22 heavy (non-hydrogen) atoms. The Morgan fingerprint density at radius 3 is 2.18 bits per heavy atom. The molecule has 0 aromatic heterocycles. The highest BCUT2D eigenvalue weighted by molar-refractivity contribution is 7.91. The largest absolute Gasteiger partial charge is 0.444 e. The van der Waals surface area contributed by atoms with Gasteiger partial charge in [0, 0.05) is 18.7 Å². The number of sulfone groups is 1. The molecule has 0 heterocycles. The number of primary amides is 1. The summed E-state index contributed by atoms with van der Waals surface area (Å²) in [7, 11) is -3.43. The maximum atomic E-state index is 12.2. The van der Waals surface area contributed by atoms with Crippen LogP contribution in [0.2, 0.25) is 0 Å². The molecule has 1 amide bonds. The van der Waals surface area contributed by atoms with Crippen molar-refractivity contribution >= 4 is 15.9 Å². The molecule has 0 spiro atoms. The average molecular weight is 328 g/mol. The molecule has 0 radical (unpaired) electrons. The third kappa shape index (κ3) is 5.31. The van der Waals surface area contributed by atoms with Crippen LogP contribution in [-0.2, 0) is 14.6 Å². The Balaban J connectivity index is 3.08. The molecule has 2 unspecified atom stereocenters. The molecule has 124 valence electrons. The van der Waals surface area contributed by atoms with Gasteiger partial charge in [-0.25, -0.2) is 13.2 Å². The van der Waals surface area contributed by atoms with E-state index in [1.165, 1.54) is 0 Å². The molecule has 0 saturated heterocycles. The van der Waals surface area contributed by atoms with Crippen LogP contribution in [0.5, 0.6) is 0 Å². The van der Waals surface area contributed by atoms with Crippen LogP contribution >= 0.6 is 0 Å². The second-order valence-electron chi connectivity index (χ2n) is 6.21. The van der Waals surface area contributed by atoms with Crippen LogP contribution in [0.3, 0.4) is 0 Å². The summed E-state index contributed by atoms with van der Waals surface area (Å²) in [5.74, 6) is 0. The van der Waals surface area contributed by atoms with Crippen LogP contribution in [0, 0.1) is 6.92 Å². The van der Waals surface area contributed by atoms with Crippen LogP contribution in [0.4, 0.5) is 4.79 Å². The summed E-state index contributed by atoms with van der Waals surface area (Å²) in [4.78, 5) is 10.9. The van der Waals surface area contributed by atoms with Gasteiger partial charge in [-0.2, -0.15) is 0 Å². The second-order valence-corrected chi connectivity index (χ2v) is 8.38. The molecule has 0 aliphatic heterocycles. The minimum atomic E-state index is -3.43. The van der Waals surface area contributed by atoms with Crippen LogP contribution in [0.15, 0.2) is 24.3 Å². The zero-order chi connectivity index (χ0) is 17.1. The van der Waals surface area contributed by atoms with Gasteiger partial charge in [0.25, 0.3) is 0 Å². The Morgan fingerprint density at radius 2 is 1.77 bits per heavy atom. The van der Waals surface area contributed by atoms with Crippen molar-refractivity contribution in [2.45, 2.75) is 44.1 Å². The van der Waals surface area contributed by atoms with Gasteiger partial charge in [0.2, 0.25) is 0 Å². The van der Waals surface area contributed by atoms with Gasteiger partial charge in [0.05, 0.1) is 0 Å². The highest BCUT2D eigenvalue weighted by Crippen LogP contribution is 2.30. The number of benzene rings is 1. The predicted octanol–water partition coefficient (Wildman–Crippen LogP) is 1.67. The maximum Gasteiger partial charge on any atom is 0.405 e. The molecule has 7 heteroatoms. The zero-order valence-electron chi connectivity index (χ0n) is 13.4. The van der Waals surface area contributed by atoms with Crippen molar-refractivity contribution in [3.8, 4) is 0 Å². The molecule has 2 atom stereocenters. The van der Waals surface area contributed by atoms with E-state index in [9.17, 15) is 13.2 Å². The van der Waals surface area contributed by atoms with Crippen LogP contribution in [-0.4, -0.2) is 32.4 Å². The number of hydrogen-bond acceptors (Lipinski definition) is 5. The van der Waals surface area contributed by atoms with Crippen molar-refractivity contribution in [2.24, 2.45) is 11.5 Å². The Kier molecular flexibility index (Phi) is 5.59. The summed E-state index contributed by atoms with van der Waals surface area (Å²) in [5.41, 5.74) is 11.9. The SMILES string of the molecule is Cc1ccc(C(C(N)CC(C)(C)OC(N)=O)S(C)(=O)=O)cc1. The minimum absolute atomic E-state index is 0.168. The first-order chi connectivity index (χ1) is 9.92. The van der Waals surface area contributed by atoms with E-state index >= 15 is 0 Å². The molecule has 4 N–H and O–H groups in total. The van der Waals surface area contributed by atoms with Crippen LogP contribution in [0.25, 0.3) is 0 Å². The highest BCUT2D eigenvalue weighted by Gasteiger charge is 2.35. The standard InChI is InChI=1S/C15H24N2O4S/c1-10-5-7-11(8-6-10)13(22(4,19)20)12(16)9-15(2,3)21-14(17)18/h5-8,12-13H,9,16H2,1-4H3,(H2,17,18). The lowest BCUT2D eigenvalue weighted by Gasteiger charge is -2.31. The first-order valence-electron chi connectivity index (χ1n) is 6.92.